The zero-order valence-corrected chi connectivity index (χ0v) is 22.3. The van der Waals surface area contributed by atoms with Crippen molar-refractivity contribution in [1.82, 2.24) is 10.2 Å². The van der Waals surface area contributed by atoms with Crippen LogP contribution in [0.15, 0.2) is 73.5 Å². The molecule has 2 aromatic heterocycles. The molecule has 0 aliphatic carbocycles. The number of aliphatic carboxylic acids is 1. The molecule has 2 amide bonds. The van der Waals surface area contributed by atoms with E-state index in [1.54, 1.807) is 29.7 Å². The van der Waals surface area contributed by atoms with Gasteiger partial charge in [-0.15, -0.1) is 34.4 Å². The highest BCUT2D eigenvalue weighted by atomic mass is 35.5. The van der Waals surface area contributed by atoms with Crippen LogP contribution in [0.3, 0.4) is 0 Å². The van der Waals surface area contributed by atoms with E-state index in [-0.39, 0.29) is 23.5 Å². The number of hydrogen-bond acceptors (Lipinski definition) is 8. The van der Waals surface area contributed by atoms with Crippen LogP contribution in [-0.2, 0) is 20.8 Å². The smallest absolute Gasteiger partial charge is 0.352 e. The first-order valence-electron chi connectivity index (χ1n) is 10.6. The summed E-state index contributed by atoms with van der Waals surface area (Å²) in [6.07, 6.45) is 1.84. The fourth-order valence-corrected chi connectivity index (χ4v) is 8.19. The monoisotopic (exact) mass is 576 g/mol. The van der Waals surface area contributed by atoms with Crippen LogP contribution in [0.1, 0.15) is 4.88 Å². The van der Waals surface area contributed by atoms with Crippen LogP contribution in [-0.4, -0.2) is 45.0 Å². The number of carbonyl (C=O) groups is 3. The average molecular weight is 577 g/mol. The highest BCUT2D eigenvalue weighted by Gasteiger charge is 2.53. The van der Waals surface area contributed by atoms with Gasteiger partial charge in [0, 0.05) is 31.8 Å². The molecule has 1 unspecified atom stereocenters. The number of thiophene rings is 1. The van der Waals surface area contributed by atoms with Gasteiger partial charge in [0.1, 0.15) is 17.1 Å². The topological polar surface area (TPSA) is 104 Å². The largest absolute Gasteiger partial charge is 0.477 e. The Bertz CT molecular complexity index is 1500. The molecule has 2 N–H and O–H groups in total. The maximum atomic E-state index is 12.8. The summed E-state index contributed by atoms with van der Waals surface area (Å²) in [6.45, 7) is 0. The van der Waals surface area contributed by atoms with Gasteiger partial charge in [-0.25, -0.2) is 4.79 Å². The SMILES string of the molecule is O=C(Cc1cccs1)NC1C(=O)N2C(C(=O)O)=C(/C=C/Sc3cc(=O)c4ccc(Cl)cc4s3)CS[C@H]12. The number of fused-ring (bicyclic) bond motifs is 2. The average Bonchev–Trinajstić information content (AvgIpc) is 3.34. The molecule has 4 heterocycles. The summed E-state index contributed by atoms with van der Waals surface area (Å²) in [5.41, 5.74) is 0.295. The van der Waals surface area contributed by atoms with E-state index >= 15 is 0 Å². The number of nitrogens with one attached hydrogen (secondary N) is 1. The normalized spacial score (nSPS) is 19.5. The molecule has 1 aromatic carbocycles. The van der Waals surface area contributed by atoms with Gasteiger partial charge in [-0.05, 0) is 46.7 Å². The van der Waals surface area contributed by atoms with E-state index in [0.29, 0.717) is 21.7 Å². The molecule has 3 aromatic rings. The summed E-state index contributed by atoms with van der Waals surface area (Å²) >= 11 is 11.6. The lowest BCUT2D eigenvalue weighted by atomic mass is 10.0. The Hall–Kier alpha value is -2.57. The van der Waals surface area contributed by atoms with Crippen molar-refractivity contribution in [1.29, 1.82) is 0 Å². The standard InChI is InChI=1S/C24H17ClN2O5S4/c25-13-3-4-15-16(28)10-19(36-17(15)8-13)34-7-5-12-11-35-23-20(22(30)27(23)21(12)24(31)32)26-18(29)9-14-2-1-6-33-14/h1-8,10,20,23H,9,11H2,(H,26,29)(H,31,32)/b7-5+/t20?,23-/m1/s1. The van der Waals surface area contributed by atoms with Crippen LogP contribution in [0, 0.1) is 0 Å². The number of carboxylic acids is 1. The summed E-state index contributed by atoms with van der Waals surface area (Å²) in [7, 11) is 0. The van der Waals surface area contributed by atoms with Gasteiger partial charge in [0.15, 0.2) is 5.43 Å². The van der Waals surface area contributed by atoms with Gasteiger partial charge in [-0.3, -0.25) is 19.3 Å². The molecule has 2 atom stereocenters. The molecule has 7 nitrogen and oxygen atoms in total. The van der Waals surface area contributed by atoms with Gasteiger partial charge >= 0.3 is 5.97 Å². The Balaban J connectivity index is 1.30. The minimum absolute atomic E-state index is 0.0807. The Morgan fingerprint density at radius 2 is 2.08 bits per heavy atom. The summed E-state index contributed by atoms with van der Waals surface area (Å²) in [6, 6.07) is 9.60. The number of hydrogen-bond donors (Lipinski definition) is 2. The molecule has 184 valence electrons. The first-order valence-corrected chi connectivity index (χ1v) is 14.6. The molecule has 2 aliphatic heterocycles. The minimum atomic E-state index is -1.20. The number of thioether (sulfide) groups is 2. The number of halogens is 1. The van der Waals surface area contributed by atoms with E-state index in [1.807, 2.05) is 17.5 Å². The van der Waals surface area contributed by atoms with Gasteiger partial charge in [-0.1, -0.05) is 29.4 Å². The van der Waals surface area contributed by atoms with Crippen molar-refractivity contribution < 1.29 is 19.5 Å². The molecule has 12 heteroatoms. The third kappa shape index (κ3) is 4.98. The molecule has 1 fully saturated rings. The number of β-lactam (4-membered cyclic amide) rings is 1. The van der Waals surface area contributed by atoms with Crippen molar-refractivity contribution in [2.45, 2.75) is 22.0 Å². The van der Waals surface area contributed by atoms with Crippen LogP contribution < -0.4 is 10.7 Å². The summed E-state index contributed by atoms with van der Waals surface area (Å²) in [5, 5.41) is 16.9. The molecule has 5 rings (SSSR count). The zero-order chi connectivity index (χ0) is 25.4. The highest BCUT2D eigenvalue weighted by molar-refractivity contribution is 8.04. The molecule has 0 spiro atoms. The van der Waals surface area contributed by atoms with E-state index in [9.17, 15) is 24.3 Å². The lowest BCUT2D eigenvalue weighted by Crippen LogP contribution is -2.70. The molecule has 0 saturated carbocycles. The van der Waals surface area contributed by atoms with Crippen molar-refractivity contribution in [3.8, 4) is 0 Å². The number of carboxylic acid groups (broad SMARTS) is 1. The number of amides is 2. The molecule has 0 radical (unpaired) electrons. The van der Waals surface area contributed by atoms with Crippen LogP contribution in [0.4, 0.5) is 0 Å². The van der Waals surface area contributed by atoms with Gasteiger partial charge in [0.05, 0.1) is 10.6 Å². The second kappa shape index (κ2) is 10.4. The fraction of sp³-hybridized carbons (Fsp3) is 0.167. The van der Waals surface area contributed by atoms with Crippen molar-refractivity contribution >= 4 is 85.7 Å². The Morgan fingerprint density at radius 3 is 2.83 bits per heavy atom. The van der Waals surface area contributed by atoms with Crippen LogP contribution >= 0.6 is 57.8 Å². The van der Waals surface area contributed by atoms with E-state index in [4.69, 9.17) is 11.6 Å². The van der Waals surface area contributed by atoms with Gasteiger partial charge in [0.25, 0.3) is 5.91 Å². The minimum Gasteiger partial charge on any atom is -0.477 e. The van der Waals surface area contributed by atoms with Crippen molar-refractivity contribution in [3.63, 3.8) is 0 Å². The quantitative estimate of drug-likeness (QED) is 0.314. The summed E-state index contributed by atoms with van der Waals surface area (Å²) in [5.74, 6) is -1.54. The van der Waals surface area contributed by atoms with E-state index < -0.39 is 23.3 Å². The molecule has 1 saturated heterocycles. The van der Waals surface area contributed by atoms with Gasteiger partial charge in [-0.2, -0.15) is 0 Å². The summed E-state index contributed by atoms with van der Waals surface area (Å²) in [4.78, 5) is 51.8. The maximum absolute atomic E-state index is 12.8. The molecular weight excluding hydrogens is 560 g/mol. The number of carbonyl (C=O) groups excluding carboxylic acids is 2. The third-order valence-electron chi connectivity index (χ3n) is 5.55. The number of rotatable bonds is 7. The second-order valence-corrected chi connectivity index (χ2v) is 12.7. The molecule has 36 heavy (non-hydrogen) atoms. The highest BCUT2D eigenvalue weighted by Crippen LogP contribution is 2.41. The molecule has 0 bridgehead atoms. The Kier molecular flexibility index (Phi) is 7.27. The number of nitrogens with zero attached hydrogens (tertiary/aromatic N) is 1. The van der Waals surface area contributed by atoms with Crippen LogP contribution in [0.5, 0.6) is 0 Å². The van der Waals surface area contributed by atoms with E-state index in [1.165, 1.54) is 57.2 Å². The van der Waals surface area contributed by atoms with Gasteiger partial charge in [0.2, 0.25) is 5.91 Å². The molecule has 2 aliphatic rings. The van der Waals surface area contributed by atoms with Gasteiger partial charge < -0.3 is 10.4 Å². The third-order valence-corrected chi connectivity index (χ3v) is 10.0. The van der Waals surface area contributed by atoms with E-state index in [2.05, 4.69) is 5.32 Å². The Labute approximate surface area is 226 Å². The van der Waals surface area contributed by atoms with Crippen molar-refractivity contribution in [2.75, 3.05) is 5.75 Å². The van der Waals surface area contributed by atoms with Crippen molar-refractivity contribution in [2.24, 2.45) is 0 Å². The predicted molar refractivity (Wildman–Crippen MR) is 146 cm³/mol. The van der Waals surface area contributed by atoms with Crippen LogP contribution in [0.2, 0.25) is 5.02 Å². The maximum Gasteiger partial charge on any atom is 0.352 e. The zero-order valence-electron chi connectivity index (χ0n) is 18.3. The molecular formula is C24H17ClN2O5S4. The summed E-state index contributed by atoms with van der Waals surface area (Å²) < 4.78 is 1.50. The lowest BCUT2D eigenvalue weighted by molar-refractivity contribution is -0.150. The first kappa shape index (κ1) is 25.1. The number of allylic oxidation sites excluding steroid dienone is 1. The first-order chi connectivity index (χ1) is 17.3. The van der Waals surface area contributed by atoms with Crippen LogP contribution in [0.25, 0.3) is 10.1 Å². The second-order valence-electron chi connectivity index (χ2n) is 7.88. The predicted octanol–water partition coefficient (Wildman–Crippen LogP) is 4.56. The lowest BCUT2D eigenvalue weighted by Gasteiger charge is -2.49. The van der Waals surface area contributed by atoms with E-state index in [0.717, 1.165) is 13.8 Å². The Morgan fingerprint density at radius 1 is 1.25 bits per heavy atom. The van der Waals surface area contributed by atoms with Crippen molar-refractivity contribution in [3.05, 3.63) is 84.7 Å². The fourth-order valence-electron chi connectivity index (χ4n) is 3.92. The number of benzene rings is 1.